The Morgan fingerprint density at radius 2 is 1.31 bits per heavy atom. The lowest BCUT2D eigenvalue weighted by molar-refractivity contribution is 0.531. The average molecular weight is 652 g/mol. The van der Waals surface area contributed by atoms with Gasteiger partial charge in [-0.1, -0.05) is 84.9 Å². The number of anilines is 2. The molecule has 1 aliphatic carbocycles. The highest BCUT2D eigenvalue weighted by atomic mass is 15.2. The molecule has 0 bridgehead atoms. The largest absolute Gasteiger partial charge is 0.330 e. The van der Waals surface area contributed by atoms with E-state index in [-0.39, 0.29) is 5.92 Å². The fourth-order valence-corrected chi connectivity index (χ4v) is 8.25. The molecule has 0 saturated heterocycles. The zero-order valence-corrected chi connectivity index (χ0v) is 27.7. The molecule has 0 spiro atoms. The number of hydrogen-bond donors (Lipinski definition) is 0. The number of para-hydroxylation sites is 2. The quantitative estimate of drug-likeness (QED) is 0.190. The van der Waals surface area contributed by atoms with Crippen LogP contribution in [0.15, 0.2) is 157 Å². The van der Waals surface area contributed by atoms with E-state index in [1.165, 1.54) is 0 Å². The number of benzene rings is 6. The van der Waals surface area contributed by atoms with Crippen LogP contribution in [0.4, 0.5) is 11.4 Å². The first-order chi connectivity index (χ1) is 25.0. The van der Waals surface area contributed by atoms with Gasteiger partial charge in [0.2, 0.25) is 0 Å². The van der Waals surface area contributed by atoms with Gasteiger partial charge in [0.15, 0.2) is 0 Å². The third-order valence-electron chi connectivity index (χ3n) is 10.5. The maximum atomic E-state index is 10.1. The maximum absolute atomic E-state index is 10.1. The average Bonchev–Trinajstić information content (AvgIpc) is 3.66. The summed E-state index contributed by atoms with van der Waals surface area (Å²) in [5, 5.41) is 31.8. The van der Waals surface area contributed by atoms with Crippen molar-refractivity contribution >= 4 is 33.2 Å². The molecule has 0 N–H and O–H groups in total. The van der Waals surface area contributed by atoms with Crippen LogP contribution in [0.5, 0.6) is 0 Å². The summed E-state index contributed by atoms with van der Waals surface area (Å²) in [4.78, 5) is 2.34. The van der Waals surface area contributed by atoms with E-state index < -0.39 is 5.54 Å². The first kappa shape index (κ1) is 30.0. The highest BCUT2D eigenvalue weighted by Crippen LogP contribution is 2.57. The van der Waals surface area contributed by atoms with E-state index in [0.29, 0.717) is 11.1 Å². The van der Waals surface area contributed by atoms with Crippen LogP contribution in [-0.2, 0) is 0 Å². The van der Waals surface area contributed by atoms with Crippen LogP contribution in [0.1, 0.15) is 29.5 Å². The predicted molar refractivity (Wildman–Crippen MR) is 204 cm³/mol. The molecular formula is C46H29N5. The van der Waals surface area contributed by atoms with Crippen LogP contribution in [0, 0.1) is 34.0 Å². The van der Waals surface area contributed by atoms with Crippen LogP contribution in [0.3, 0.4) is 0 Å². The van der Waals surface area contributed by atoms with E-state index >= 15 is 0 Å². The number of nitrogens with zero attached hydrogens (tertiary/aromatic N) is 5. The Bertz CT molecular complexity index is 2760. The third-order valence-corrected chi connectivity index (χ3v) is 10.5. The normalized spacial score (nSPS) is 17.3. The summed E-state index contributed by atoms with van der Waals surface area (Å²) in [6, 6.07) is 52.6. The third kappa shape index (κ3) is 4.52. The second-order valence-corrected chi connectivity index (χ2v) is 13.3. The molecule has 0 radical (unpaired) electrons. The van der Waals surface area contributed by atoms with Gasteiger partial charge in [-0.15, -0.1) is 0 Å². The number of allylic oxidation sites excluding steroid dienone is 2. The summed E-state index contributed by atoms with van der Waals surface area (Å²) in [6.45, 7) is 2.19. The van der Waals surface area contributed by atoms with Gasteiger partial charge in [0.25, 0.3) is 0 Å². The molecule has 1 aromatic heterocycles. The Morgan fingerprint density at radius 1 is 0.588 bits per heavy atom. The van der Waals surface area contributed by atoms with Crippen molar-refractivity contribution in [3.8, 4) is 46.1 Å². The van der Waals surface area contributed by atoms with Gasteiger partial charge < -0.3 is 9.47 Å². The van der Waals surface area contributed by atoms with Crippen molar-refractivity contribution in [2.75, 3.05) is 4.90 Å². The van der Waals surface area contributed by atoms with Gasteiger partial charge >= 0.3 is 0 Å². The first-order valence-electron chi connectivity index (χ1n) is 16.9. The molecule has 238 valence electrons. The van der Waals surface area contributed by atoms with Crippen molar-refractivity contribution in [3.05, 3.63) is 174 Å². The molecule has 0 saturated carbocycles. The molecular weight excluding hydrogens is 623 g/mol. The standard InChI is InChI=1S/C46H29N5/c1-46-23-7-9-35(29-49)45(46)38-12-3-5-14-43(38)51(46)44-22-16-30(27-47)24-39(44)33-19-17-32(18-20-33)34-8-6-10-36(26-34)50-41-13-4-2-11-37(41)40-25-31(28-48)15-21-42(40)50/h2-26,45H,1H3. The van der Waals surface area contributed by atoms with Crippen LogP contribution in [0.25, 0.3) is 49.7 Å². The zero-order chi connectivity index (χ0) is 34.7. The Morgan fingerprint density at radius 3 is 2.14 bits per heavy atom. The Balaban J connectivity index is 1.14. The minimum absolute atomic E-state index is 0.107. The molecule has 2 unspecified atom stereocenters. The smallest absolute Gasteiger partial charge is 0.0991 e. The van der Waals surface area contributed by atoms with Crippen molar-refractivity contribution < 1.29 is 0 Å². The van der Waals surface area contributed by atoms with Crippen molar-refractivity contribution in [1.29, 1.82) is 15.8 Å². The summed E-state index contributed by atoms with van der Waals surface area (Å²) < 4.78 is 2.26. The van der Waals surface area contributed by atoms with Gasteiger partial charge in [0.1, 0.15) is 0 Å². The minimum atomic E-state index is -0.504. The van der Waals surface area contributed by atoms with Crippen LogP contribution >= 0.6 is 0 Å². The zero-order valence-electron chi connectivity index (χ0n) is 27.7. The van der Waals surface area contributed by atoms with Gasteiger partial charge in [-0.25, -0.2) is 0 Å². The Labute approximate surface area is 296 Å². The van der Waals surface area contributed by atoms with E-state index in [1.807, 2.05) is 72.8 Å². The van der Waals surface area contributed by atoms with E-state index in [2.05, 4.69) is 113 Å². The van der Waals surface area contributed by atoms with Crippen LogP contribution in [0.2, 0.25) is 0 Å². The summed E-state index contributed by atoms with van der Waals surface area (Å²) in [6.07, 6.45) is 6.10. The highest BCUT2D eigenvalue weighted by molar-refractivity contribution is 6.09. The van der Waals surface area contributed by atoms with Gasteiger partial charge in [-0.3, -0.25) is 0 Å². The summed E-state index contributed by atoms with van der Waals surface area (Å²) in [7, 11) is 0. The second-order valence-electron chi connectivity index (χ2n) is 13.3. The van der Waals surface area contributed by atoms with E-state index in [1.54, 1.807) is 0 Å². The van der Waals surface area contributed by atoms with E-state index in [4.69, 9.17) is 0 Å². The number of nitriles is 3. The fraction of sp³-hybridized carbons (Fsp3) is 0.0652. The number of hydrogen-bond acceptors (Lipinski definition) is 4. The maximum Gasteiger partial charge on any atom is 0.0991 e. The molecule has 0 fully saturated rings. The molecule has 1 aliphatic heterocycles. The lowest BCUT2D eigenvalue weighted by Gasteiger charge is -2.41. The molecule has 9 rings (SSSR count). The molecule has 2 atom stereocenters. The molecule has 51 heavy (non-hydrogen) atoms. The van der Waals surface area contributed by atoms with Crippen molar-refractivity contribution in [2.24, 2.45) is 0 Å². The van der Waals surface area contributed by atoms with E-state index in [9.17, 15) is 15.8 Å². The molecule has 7 aromatic rings. The van der Waals surface area contributed by atoms with Crippen LogP contribution < -0.4 is 4.90 Å². The predicted octanol–water partition coefficient (Wildman–Crippen LogP) is 10.9. The van der Waals surface area contributed by atoms with Gasteiger partial charge in [-0.2, -0.15) is 15.8 Å². The monoisotopic (exact) mass is 651 g/mol. The molecule has 6 aromatic carbocycles. The lowest BCUT2D eigenvalue weighted by Crippen LogP contribution is -2.43. The summed E-state index contributed by atoms with van der Waals surface area (Å²) in [5.74, 6) is -0.107. The van der Waals surface area contributed by atoms with Crippen molar-refractivity contribution in [3.63, 3.8) is 0 Å². The second kappa shape index (κ2) is 11.5. The van der Waals surface area contributed by atoms with Gasteiger partial charge in [0, 0.05) is 44.9 Å². The van der Waals surface area contributed by atoms with Crippen molar-refractivity contribution in [1.82, 2.24) is 4.57 Å². The molecule has 2 aliphatic rings. The molecule has 2 heterocycles. The SMILES string of the molecule is CC12C=CC=C(C#N)C1c1ccccc1N2c1ccc(C#N)cc1-c1ccc(-c2cccc(-n3c4ccccc4c4cc(C#N)ccc43)c2)cc1. The fourth-order valence-electron chi connectivity index (χ4n) is 8.25. The number of rotatable bonds is 4. The van der Waals surface area contributed by atoms with Gasteiger partial charge in [0.05, 0.1) is 45.9 Å². The van der Waals surface area contributed by atoms with Crippen LogP contribution in [-0.4, -0.2) is 10.1 Å². The first-order valence-corrected chi connectivity index (χ1v) is 16.9. The highest BCUT2D eigenvalue weighted by Gasteiger charge is 2.50. The summed E-state index contributed by atoms with van der Waals surface area (Å²) >= 11 is 0. The number of aromatic nitrogens is 1. The minimum Gasteiger partial charge on any atom is -0.330 e. The van der Waals surface area contributed by atoms with E-state index in [0.717, 1.165) is 72.3 Å². The lowest BCUT2D eigenvalue weighted by atomic mass is 9.75. The Kier molecular flexibility index (Phi) is 6.75. The van der Waals surface area contributed by atoms with Crippen molar-refractivity contribution in [2.45, 2.75) is 18.4 Å². The Hall–Kier alpha value is -7.13. The topological polar surface area (TPSA) is 79.5 Å². The molecule has 0 amide bonds. The number of fused-ring (bicyclic) bond motifs is 6. The molecule has 5 nitrogen and oxygen atoms in total. The molecule has 5 heteroatoms. The summed E-state index contributed by atoms with van der Waals surface area (Å²) in [5.41, 5.74) is 11.9. The van der Waals surface area contributed by atoms with Gasteiger partial charge in [-0.05, 0) is 95.9 Å².